The second kappa shape index (κ2) is 5.36. The van der Waals surface area contributed by atoms with E-state index < -0.39 is 10.7 Å². The minimum absolute atomic E-state index is 0.245. The van der Waals surface area contributed by atoms with E-state index in [9.17, 15) is 14.5 Å². The molecule has 1 heterocycles. The van der Waals surface area contributed by atoms with Gasteiger partial charge in [-0.25, -0.2) is 4.39 Å². The summed E-state index contributed by atoms with van der Waals surface area (Å²) in [5, 5.41) is 13.5. The predicted molar refractivity (Wildman–Crippen MR) is 74.2 cm³/mol. The molecule has 100 valence electrons. The van der Waals surface area contributed by atoms with Crippen LogP contribution in [0.4, 0.5) is 15.8 Å². The molecular weight excluding hydrogens is 267 g/mol. The minimum atomic E-state index is -0.612. The van der Waals surface area contributed by atoms with Gasteiger partial charge in [0.25, 0.3) is 5.69 Å². The summed E-state index contributed by atoms with van der Waals surface area (Å²) in [6.45, 7) is 4.54. The molecule has 0 fully saturated rings. The second-order valence-corrected chi connectivity index (χ2v) is 5.67. The fourth-order valence-corrected chi connectivity index (χ4v) is 2.76. The summed E-state index contributed by atoms with van der Waals surface area (Å²) >= 11 is 1.69. The van der Waals surface area contributed by atoms with Crippen LogP contribution in [-0.4, -0.2) is 4.92 Å². The Labute approximate surface area is 114 Å². The zero-order valence-electron chi connectivity index (χ0n) is 10.6. The van der Waals surface area contributed by atoms with E-state index in [4.69, 9.17) is 0 Å². The summed E-state index contributed by atoms with van der Waals surface area (Å²) in [4.78, 5) is 12.3. The number of nitrogens with one attached hydrogen (secondary N) is 1. The molecule has 0 unspecified atom stereocenters. The summed E-state index contributed by atoms with van der Waals surface area (Å²) < 4.78 is 13.7. The first-order chi connectivity index (χ1) is 8.97. The molecule has 0 amide bonds. The number of rotatable bonds is 4. The lowest BCUT2D eigenvalue weighted by molar-refractivity contribution is -0.385. The van der Waals surface area contributed by atoms with Gasteiger partial charge < -0.3 is 5.32 Å². The van der Waals surface area contributed by atoms with Gasteiger partial charge >= 0.3 is 0 Å². The van der Waals surface area contributed by atoms with Crippen molar-refractivity contribution in [2.45, 2.75) is 20.4 Å². The molecule has 0 saturated heterocycles. The quantitative estimate of drug-likeness (QED) is 0.679. The number of benzene rings is 1. The Morgan fingerprint density at radius 2 is 2.11 bits per heavy atom. The molecule has 0 aliphatic carbocycles. The van der Waals surface area contributed by atoms with Crippen LogP contribution < -0.4 is 5.32 Å². The van der Waals surface area contributed by atoms with E-state index in [0.717, 1.165) is 11.6 Å². The van der Waals surface area contributed by atoms with Gasteiger partial charge in [0, 0.05) is 22.4 Å². The molecule has 2 rings (SSSR count). The predicted octanol–water partition coefficient (Wildman–Crippen LogP) is 4.02. The molecule has 0 spiro atoms. The van der Waals surface area contributed by atoms with Gasteiger partial charge in [-0.05, 0) is 31.5 Å². The Bertz CT molecular complexity index is 625. The zero-order chi connectivity index (χ0) is 14.0. The highest BCUT2D eigenvalue weighted by atomic mass is 32.1. The molecule has 0 atom stereocenters. The monoisotopic (exact) mass is 280 g/mol. The SMILES string of the molecule is Cc1cc(CNc2ccc([N+](=O)[O-])cc2F)c(C)s1. The number of halogens is 1. The van der Waals surface area contributed by atoms with Crippen LogP contribution in [0.15, 0.2) is 24.3 Å². The second-order valence-electron chi connectivity index (χ2n) is 4.21. The molecule has 4 nitrogen and oxygen atoms in total. The van der Waals surface area contributed by atoms with Crippen molar-refractivity contribution in [3.63, 3.8) is 0 Å². The molecule has 6 heteroatoms. The van der Waals surface area contributed by atoms with E-state index in [2.05, 4.69) is 11.4 Å². The van der Waals surface area contributed by atoms with Crippen LogP contribution >= 0.6 is 11.3 Å². The maximum atomic E-state index is 13.7. The van der Waals surface area contributed by atoms with Gasteiger partial charge in [0.2, 0.25) is 0 Å². The largest absolute Gasteiger partial charge is 0.379 e. The van der Waals surface area contributed by atoms with Crippen molar-refractivity contribution >= 4 is 22.7 Å². The van der Waals surface area contributed by atoms with E-state index in [1.807, 2.05) is 13.8 Å². The first kappa shape index (κ1) is 13.5. The highest BCUT2D eigenvalue weighted by Gasteiger charge is 2.11. The number of anilines is 1. The number of thiophene rings is 1. The molecule has 1 aromatic carbocycles. The van der Waals surface area contributed by atoms with Crippen LogP contribution in [0.25, 0.3) is 0 Å². The van der Waals surface area contributed by atoms with Gasteiger partial charge in [-0.3, -0.25) is 10.1 Å². The average Bonchev–Trinajstić information content (AvgIpc) is 2.66. The first-order valence-electron chi connectivity index (χ1n) is 5.71. The molecular formula is C13H13FN2O2S. The topological polar surface area (TPSA) is 55.2 Å². The van der Waals surface area contributed by atoms with Crippen LogP contribution in [0, 0.1) is 29.8 Å². The minimum Gasteiger partial charge on any atom is -0.379 e. The van der Waals surface area contributed by atoms with Crippen molar-refractivity contribution in [2.75, 3.05) is 5.32 Å². The fourth-order valence-electron chi connectivity index (χ4n) is 1.81. The number of aryl methyl sites for hydroxylation is 2. The Morgan fingerprint density at radius 3 is 2.63 bits per heavy atom. The number of hydrogen-bond donors (Lipinski definition) is 1. The molecule has 0 aliphatic rings. The molecule has 2 aromatic rings. The highest BCUT2D eigenvalue weighted by molar-refractivity contribution is 7.12. The van der Waals surface area contributed by atoms with E-state index in [1.54, 1.807) is 11.3 Å². The van der Waals surface area contributed by atoms with Crippen LogP contribution in [0.2, 0.25) is 0 Å². The molecule has 19 heavy (non-hydrogen) atoms. The number of nitro groups is 1. The van der Waals surface area contributed by atoms with Gasteiger partial charge in [-0.1, -0.05) is 0 Å². The third kappa shape index (κ3) is 3.08. The lowest BCUT2D eigenvalue weighted by atomic mass is 10.2. The van der Waals surface area contributed by atoms with Crippen LogP contribution in [-0.2, 0) is 6.54 Å². The highest BCUT2D eigenvalue weighted by Crippen LogP contribution is 2.24. The lowest BCUT2D eigenvalue weighted by Crippen LogP contribution is -2.02. The Balaban J connectivity index is 2.12. The van der Waals surface area contributed by atoms with Gasteiger partial charge in [0.05, 0.1) is 16.7 Å². The number of hydrogen-bond acceptors (Lipinski definition) is 4. The van der Waals surface area contributed by atoms with Crippen LogP contribution in [0.3, 0.4) is 0 Å². The van der Waals surface area contributed by atoms with Gasteiger partial charge in [-0.2, -0.15) is 0 Å². The Morgan fingerprint density at radius 1 is 1.37 bits per heavy atom. The summed E-state index contributed by atoms with van der Waals surface area (Å²) in [5.74, 6) is -0.612. The maximum absolute atomic E-state index is 13.7. The van der Waals surface area contributed by atoms with Crippen LogP contribution in [0.1, 0.15) is 15.3 Å². The standard InChI is InChI=1S/C13H13FN2O2S/c1-8-5-10(9(2)19-8)7-15-13-4-3-11(16(17)18)6-12(13)14/h3-6,15H,7H2,1-2H3. The van der Waals surface area contributed by atoms with E-state index in [-0.39, 0.29) is 11.4 Å². The fraction of sp³-hybridized carbons (Fsp3) is 0.231. The normalized spacial score (nSPS) is 10.5. The summed E-state index contributed by atoms with van der Waals surface area (Å²) in [7, 11) is 0. The van der Waals surface area contributed by atoms with Crippen molar-refractivity contribution in [3.8, 4) is 0 Å². The first-order valence-corrected chi connectivity index (χ1v) is 6.52. The summed E-state index contributed by atoms with van der Waals surface area (Å²) in [6, 6.07) is 5.66. The van der Waals surface area contributed by atoms with E-state index in [0.29, 0.717) is 6.54 Å². The Hall–Kier alpha value is -1.95. The van der Waals surface area contributed by atoms with Gasteiger partial charge in [-0.15, -0.1) is 11.3 Å². The van der Waals surface area contributed by atoms with Crippen molar-refractivity contribution < 1.29 is 9.31 Å². The van der Waals surface area contributed by atoms with Crippen molar-refractivity contribution in [3.05, 3.63) is 55.5 Å². The van der Waals surface area contributed by atoms with Crippen molar-refractivity contribution in [1.29, 1.82) is 0 Å². The maximum Gasteiger partial charge on any atom is 0.272 e. The third-order valence-electron chi connectivity index (χ3n) is 2.78. The zero-order valence-corrected chi connectivity index (χ0v) is 11.4. The third-order valence-corrected chi connectivity index (χ3v) is 3.78. The smallest absolute Gasteiger partial charge is 0.272 e. The number of non-ortho nitro benzene ring substituents is 1. The number of nitro benzene ring substituents is 1. The van der Waals surface area contributed by atoms with Gasteiger partial charge in [0.1, 0.15) is 0 Å². The van der Waals surface area contributed by atoms with Gasteiger partial charge in [0.15, 0.2) is 5.82 Å². The molecule has 0 bridgehead atoms. The lowest BCUT2D eigenvalue weighted by Gasteiger charge is -2.07. The Kier molecular flexibility index (Phi) is 3.80. The molecule has 0 saturated carbocycles. The van der Waals surface area contributed by atoms with E-state index in [1.165, 1.54) is 21.9 Å². The molecule has 0 radical (unpaired) electrons. The van der Waals surface area contributed by atoms with Crippen molar-refractivity contribution in [1.82, 2.24) is 0 Å². The summed E-state index contributed by atoms with van der Waals surface area (Å²) in [5.41, 5.74) is 1.14. The molecule has 1 N–H and O–H groups in total. The average molecular weight is 280 g/mol. The van der Waals surface area contributed by atoms with Crippen LogP contribution in [0.5, 0.6) is 0 Å². The van der Waals surface area contributed by atoms with E-state index >= 15 is 0 Å². The molecule has 1 aromatic heterocycles. The van der Waals surface area contributed by atoms with Crippen molar-refractivity contribution in [2.24, 2.45) is 0 Å². The number of nitrogens with zero attached hydrogens (tertiary/aromatic N) is 1. The summed E-state index contributed by atoms with van der Waals surface area (Å²) in [6.07, 6.45) is 0. The molecule has 0 aliphatic heterocycles.